The number of nitrogens with zero attached hydrogens (tertiary/aromatic N) is 1. The minimum atomic E-state index is -0.416. The quantitative estimate of drug-likeness (QED) is 0.913. The van der Waals surface area contributed by atoms with Crippen LogP contribution in [-0.4, -0.2) is 17.2 Å². The van der Waals surface area contributed by atoms with Crippen molar-refractivity contribution in [3.8, 4) is 5.75 Å². The first-order valence-corrected chi connectivity index (χ1v) is 6.51. The van der Waals surface area contributed by atoms with Gasteiger partial charge in [0.15, 0.2) is 0 Å². The summed E-state index contributed by atoms with van der Waals surface area (Å²) in [6.45, 7) is 0. The predicted octanol–water partition coefficient (Wildman–Crippen LogP) is 2.93. The first-order chi connectivity index (χ1) is 9.29. The molecule has 0 unspecified atom stereocenters. The maximum absolute atomic E-state index is 10.3. The smallest absolute Gasteiger partial charge is 0.118 e. The van der Waals surface area contributed by atoms with Crippen molar-refractivity contribution >= 4 is 0 Å². The van der Waals surface area contributed by atoms with E-state index in [-0.39, 0.29) is 0 Å². The number of methoxy groups -OCH3 is 1. The van der Waals surface area contributed by atoms with E-state index in [1.807, 2.05) is 24.3 Å². The van der Waals surface area contributed by atoms with E-state index in [4.69, 9.17) is 4.74 Å². The van der Waals surface area contributed by atoms with E-state index in [2.05, 4.69) is 17.1 Å². The highest BCUT2D eigenvalue weighted by Crippen LogP contribution is 2.54. The molecule has 1 aromatic carbocycles. The second-order valence-corrected chi connectivity index (χ2v) is 5.01. The Labute approximate surface area is 112 Å². The molecule has 3 atom stereocenters. The summed E-state index contributed by atoms with van der Waals surface area (Å²) < 4.78 is 5.16. The number of hydrogen-bond acceptors (Lipinski definition) is 3. The number of aliphatic hydroxyl groups is 1. The number of aliphatic hydroxyl groups excluding tert-OH is 1. The zero-order valence-electron chi connectivity index (χ0n) is 10.9. The minimum Gasteiger partial charge on any atom is -0.497 e. The monoisotopic (exact) mass is 255 g/mol. The van der Waals surface area contributed by atoms with Crippen molar-refractivity contribution < 1.29 is 9.84 Å². The lowest BCUT2D eigenvalue weighted by atomic mass is 10.0. The van der Waals surface area contributed by atoms with Gasteiger partial charge in [0, 0.05) is 12.4 Å². The molecule has 1 aliphatic rings. The molecular formula is C16H17NO2. The molecule has 0 radical (unpaired) electrons. The highest BCUT2D eigenvalue weighted by molar-refractivity contribution is 5.33. The van der Waals surface area contributed by atoms with Crippen LogP contribution >= 0.6 is 0 Å². The fraction of sp³-hybridized carbons (Fsp3) is 0.312. The molecule has 1 N–H and O–H groups in total. The van der Waals surface area contributed by atoms with Gasteiger partial charge in [-0.25, -0.2) is 0 Å². The fourth-order valence-electron chi connectivity index (χ4n) is 2.60. The van der Waals surface area contributed by atoms with Crippen LogP contribution in [-0.2, 0) is 0 Å². The number of ether oxygens (including phenoxy) is 1. The van der Waals surface area contributed by atoms with Gasteiger partial charge in [0.05, 0.1) is 13.2 Å². The molecule has 3 nitrogen and oxygen atoms in total. The first-order valence-electron chi connectivity index (χ1n) is 6.51. The van der Waals surface area contributed by atoms with Crippen molar-refractivity contribution in [2.45, 2.75) is 18.4 Å². The molecule has 1 aliphatic carbocycles. The molecular weight excluding hydrogens is 238 g/mol. The van der Waals surface area contributed by atoms with E-state index in [1.165, 1.54) is 5.56 Å². The maximum Gasteiger partial charge on any atom is 0.118 e. The predicted molar refractivity (Wildman–Crippen MR) is 73.0 cm³/mol. The molecule has 1 heterocycles. The number of rotatable bonds is 4. The minimum absolute atomic E-state index is 0.303. The highest BCUT2D eigenvalue weighted by atomic mass is 16.5. The summed E-state index contributed by atoms with van der Waals surface area (Å²) in [6.07, 6.45) is 4.08. The van der Waals surface area contributed by atoms with Gasteiger partial charge >= 0.3 is 0 Å². The van der Waals surface area contributed by atoms with E-state index in [9.17, 15) is 5.11 Å². The largest absolute Gasteiger partial charge is 0.497 e. The number of pyridine rings is 1. The number of hydrogen-bond donors (Lipinski definition) is 1. The molecule has 19 heavy (non-hydrogen) atoms. The molecule has 0 amide bonds. The molecule has 0 aliphatic heterocycles. The molecule has 2 aromatic rings. The van der Waals surface area contributed by atoms with Crippen molar-refractivity contribution in [1.29, 1.82) is 0 Å². The summed E-state index contributed by atoms with van der Waals surface area (Å²) in [5, 5.41) is 10.3. The summed E-state index contributed by atoms with van der Waals surface area (Å²) in [7, 11) is 1.67. The summed E-state index contributed by atoms with van der Waals surface area (Å²) in [4.78, 5) is 4.06. The van der Waals surface area contributed by atoms with Crippen molar-refractivity contribution in [1.82, 2.24) is 4.98 Å². The van der Waals surface area contributed by atoms with Gasteiger partial charge in [0.25, 0.3) is 0 Å². The van der Waals surface area contributed by atoms with Gasteiger partial charge < -0.3 is 9.84 Å². The first kappa shape index (κ1) is 12.2. The van der Waals surface area contributed by atoms with Crippen LogP contribution in [0, 0.1) is 5.92 Å². The van der Waals surface area contributed by atoms with Gasteiger partial charge in [-0.1, -0.05) is 18.2 Å². The van der Waals surface area contributed by atoms with Crippen LogP contribution < -0.4 is 4.74 Å². The van der Waals surface area contributed by atoms with Crippen LogP contribution in [0.5, 0.6) is 5.75 Å². The van der Waals surface area contributed by atoms with Gasteiger partial charge in [0.2, 0.25) is 0 Å². The average Bonchev–Trinajstić information content (AvgIpc) is 3.28. The third kappa shape index (κ3) is 2.47. The molecule has 1 fully saturated rings. The standard InChI is InChI=1S/C16H17NO2/c1-19-13-6-4-11(5-7-13)14-9-15(14)16(18)12-3-2-8-17-10-12/h2-8,10,14-16,18H,9H2,1H3/t14-,15+,16-/m1/s1. The number of benzene rings is 1. The highest BCUT2D eigenvalue weighted by Gasteiger charge is 2.43. The Hall–Kier alpha value is -1.87. The van der Waals surface area contributed by atoms with Gasteiger partial charge in [0.1, 0.15) is 5.75 Å². The Morgan fingerprint density at radius 2 is 2.05 bits per heavy atom. The third-order valence-corrected chi connectivity index (χ3v) is 3.82. The van der Waals surface area contributed by atoms with Crippen LogP contribution in [0.2, 0.25) is 0 Å². The molecule has 1 saturated carbocycles. The lowest BCUT2D eigenvalue weighted by molar-refractivity contribution is 0.151. The van der Waals surface area contributed by atoms with E-state index in [0.29, 0.717) is 11.8 Å². The lowest BCUT2D eigenvalue weighted by Crippen LogP contribution is -2.01. The van der Waals surface area contributed by atoms with E-state index in [0.717, 1.165) is 17.7 Å². The fourth-order valence-corrected chi connectivity index (χ4v) is 2.60. The molecule has 1 aromatic heterocycles. The summed E-state index contributed by atoms with van der Waals surface area (Å²) in [5.41, 5.74) is 2.18. The molecule has 98 valence electrons. The second-order valence-electron chi connectivity index (χ2n) is 5.01. The average molecular weight is 255 g/mol. The summed E-state index contributed by atoms with van der Waals surface area (Å²) in [6, 6.07) is 11.9. The Kier molecular flexibility index (Phi) is 3.22. The molecule has 3 rings (SSSR count). The molecule has 0 bridgehead atoms. The van der Waals surface area contributed by atoms with Crippen LogP contribution in [0.15, 0.2) is 48.8 Å². The van der Waals surface area contributed by atoms with Gasteiger partial charge in [-0.3, -0.25) is 4.98 Å². The summed E-state index contributed by atoms with van der Waals surface area (Å²) in [5.74, 6) is 1.62. The number of aromatic nitrogens is 1. The van der Waals surface area contributed by atoms with E-state index in [1.54, 1.807) is 19.5 Å². The van der Waals surface area contributed by atoms with E-state index < -0.39 is 6.10 Å². The van der Waals surface area contributed by atoms with Crippen molar-refractivity contribution in [3.05, 3.63) is 59.9 Å². The topological polar surface area (TPSA) is 42.4 Å². The zero-order valence-corrected chi connectivity index (χ0v) is 10.9. The zero-order chi connectivity index (χ0) is 13.2. The van der Waals surface area contributed by atoms with Crippen LogP contribution in [0.4, 0.5) is 0 Å². The van der Waals surface area contributed by atoms with E-state index >= 15 is 0 Å². The van der Waals surface area contributed by atoms with Crippen molar-refractivity contribution in [2.75, 3.05) is 7.11 Å². The Morgan fingerprint density at radius 1 is 1.26 bits per heavy atom. The van der Waals surface area contributed by atoms with Gasteiger partial charge in [-0.05, 0) is 47.6 Å². The lowest BCUT2D eigenvalue weighted by Gasteiger charge is -2.10. The molecule has 0 spiro atoms. The van der Waals surface area contributed by atoms with Crippen LogP contribution in [0.3, 0.4) is 0 Å². The SMILES string of the molecule is COc1ccc([C@H]2C[C@@H]2[C@H](O)c2cccnc2)cc1. The van der Waals surface area contributed by atoms with Crippen molar-refractivity contribution in [3.63, 3.8) is 0 Å². The Bertz CT molecular complexity index is 538. The van der Waals surface area contributed by atoms with Crippen LogP contribution in [0.1, 0.15) is 29.6 Å². The molecule has 3 heteroatoms. The third-order valence-electron chi connectivity index (χ3n) is 3.82. The normalized spacial score (nSPS) is 22.8. The summed E-state index contributed by atoms with van der Waals surface area (Å²) >= 11 is 0. The van der Waals surface area contributed by atoms with Crippen molar-refractivity contribution in [2.24, 2.45) is 5.92 Å². The second kappa shape index (κ2) is 5.02. The van der Waals surface area contributed by atoms with Crippen LogP contribution in [0.25, 0.3) is 0 Å². The van der Waals surface area contributed by atoms with Gasteiger partial charge in [-0.15, -0.1) is 0 Å². The molecule has 0 saturated heterocycles. The maximum atomic E-state index is 10.3. The van der Waals surface area contributed by atoms with Gasteiger partial charge in [-0.2, -0.15) is 0 Å². The Morgan fingerprint density at radius 3 is 2.68 bits per heavy atom. The Balaban J connectivity index is 1.70.